The molecule has 1 aromatic heterocycles. The number of Topliss-reactive ketones (excluding diaryl/α,β-unsaturated/α-hetero) is 1. The summed E-state index contributed by atoms with van der Waals surface area (Å²) in [4.78, 5) is 46.0. The van der Waals surface area contributed by atoms with Gasteiger partial charge in [-0.1, -0.05) is 54.6 Å². The lowest BCUT2D eigenvalue weighted by molar-refractivity contribution is -0.138. The van der Waals surface area contributed by atoms with Crippen LogP contribution in [-0.2, 0) is 26.0 Å². The molecular formula is C33H30N4O6S. The Labute approximate surface area is 255 Å². The molecule has 6 rings (SSSR count). The molecule has 11 heteroatoms. The van der Waals surface area contributed by atoms with Gasteiger partial charge in [-0.15, -0.1) is 0 Å². The highest BCUT2D eigenvalue weighted by Gasteiger charge is 2.54. The number of likely N-dealkylation sites (tertiary alicyclic amines) is 1. The molecule has 0 saturated carbocycles. The van der Waals surface area contributed by atoms with Crippen LogP contribution >= 0.6 is 0 Å². The van der Waals surface area contributed by atoms with Crippen LogP contribution in [0.2, 0.25) is 0 Å². The minimum atomic E-state index is -4.01. The fraction of sp³-hybridized carbons (Fsp3) is 0.212. The third-order valence-electron chi connectivity index (χ3n) is 8.11. The molecular weight excluding hydrogens is 580 g/mol. The molecule has 3 aromatic carbocycles. The molecule has 224 valence electrons. The summed E-state index contributed by atoms with van der Waals surface area (Å²) in [5.41, 5.74) is 2.89. The number of nitrogens with zero attached hydrogens (tertiary/aromatic N) is 3. The monoisotopic (exact) mass is 610 g/mol. The third kappa shape index (κ3) is 5.71. The highest BCUT2D eigenvalue weighted by molar-refractivity contribution is 7.89. The Morgan fingerprint density at radius 1 is 0.955 bits per heavy atom. The molecule has 2 aliphatic heterocycles. The van der Waals surface area contributed by atoms with E-state index in [1.54, 1.807) is 24.3 Å². The summed E-state index contributed by atoms with van der Waals surface area (Å²) in [5, 5.41) is 12.9. The average molecular weight is 611 g/mol. The Kier molecular flexibility index (Phi) is 7.98. The van der Waals surface area contributed by atoms with Crippen LogP contribution in [0.15, 0.2) is 108 Å². The van der Waals surface area contributed by atoms with Gasteiger partial charge >= 0.3 is 0 Å². The van der Waals surface area contributed by atoms with Crippen molar-refractivity contribution < 1.29 is 27.9 Å². The second-order valence-corrected chi connectivity index (χ2v) is 12.8. The summed E-state index contributed by atoms with van der Waals surface area (Å²) in [6.07, 6.45) is 3.03. The van der Waals surface area contributed by atoms with Gasteiger partial charge in [0.25, 0.3) is 5.91 Å². The number of pyridine rings is 1. The summed E-state index contributed by atoms with van der Waals surface area (Å²) < 4.78 is 27.9. The first-order valence-electron chi connectivity index (χ1n) is 14.2. The zero-order valence-corrected chi connectivity index (χ0v) is 24.4. The van der Waals surface area contributed by atoms with E-state index in [-0.39, 0.29) is 42.4 Å². The zero-order chi connectivity index (χ0) is 30.8. The van der Waals surface area contributed by atoms with Gasteiger partial charge in [-0.3, -0.25) is 19.4 Å². The smallest absolute Gasteiger partial charge is 0.251 e. The second-order valence-electron chi connectivity index (χ2n) is 10.9. The van der Waals surface area contributed by atoms with Crippen molar-refractivity contribution in [3.05, 3.63) is 115 Å². The van der Waals surface area contributed by atoms with E-state index in [0.717, 1.165) is 15.4 Å². The predicted octanol–water partition coefficient (Wildman–Crippen LogP) is 3.04. The van der Waals surface area contributed by atoms with Gasteiger partial charge in [0.05, 0.1) is 12.6 Å². The summed E-state index contributed by atoms with van der Waals surface area (Å²) in [6.45, 7) is -0.204. The fourth-order valence-corrected chi connectivity index (χ4v) is 7.57. The molecule has 3 heterocycles. The number of aromatic hydroxyl groups is 1. The van der Waals surface area contributed by atoms with Gasteiger partial charge in [0.1, 0.15) is 22.7 Å². The summed E-state index contributed by atoms with van der Waals surface area (Å²) in [6, 6.07) is 23.3. The Hall–Kier alpha value is -4.87. The average Bonchev–Trinajstić information content (AvgIpc) is 3.63. The molecule has 10 nitrogen and oxygen atoms in total. The van der Waals surface area contributed by atoms with Crippen LogP contribution in [0.25, 0.3) is 11.1 Å². The first-order chi connectivity index (χ1) is 21.2. The molecule has 2 aliphatic rings. The number of hydrogen-bond donors (Lipinski definition) is 2. The van der Waals surface area contributed by atoms with E-state index in [9.17, 15) is 27.9 Å². The van der Waals surface area contributed by atoms with Crippen molar-refractivity contribution in [1.82, 2.24) is 19.5 Å². The molecule has 0 radical (unpaired) electrons. The second kappa shape index (κ2) is 12.0. The van der Waals surface area contributed by atoms with Gasteiger partial charge in [-0.2, -0.15) is 4.31 Å². The Morgan fingerprint density at radius 3 is 2.41 bits per heavy atom. The summed E-state index contributed by atoms with van der Waals surface area (Å²) in [7, 11) is -4.01. The van der Waals surface area contributed by atoms with Crippen LogP contribution in [0.5, 0.6) is 5.75 Å². The lowest BCUT2D eigenvalue weighted by Gasteiger charge is -2.28. The van der Waals surface area contributed by atoms with Crippen molar-refractivity contribution >= 4 is 27.6 Å². The van der Waals surface area contributed by atoms with Crippen LogP contribution in [-0.4, -0.2) is 76.5 Å². The van der Waals surface area contributed by atoms with E-state index < -0.39 is 40.0 Å². The molecule has 3 atom stereocenters. The molecule has 2 saturated heterocycles. The lowest BCUT2D eigenvalue weighted by Crippen LogP contribution is -2.53. The van der Waals surface area contributed by atoms with E-state index in [0.29, 0.717) is 11.1 Å². The quantitative estimate of drug-likeness (QED) is 0.313. The van der Waals surface area contributed by atoms with Gasteiger partial charge in [0.15, 0.2) is 5.78 Å². The van der Waals surface area contributed by atoms with E-state index >= 15 is 0 Å². The van der Waals surface area contributed by atoms with Crippen LogP contribution < -0.4 is 5.32 Å². The first-order valence-corrected chi connectivity index (χ1v) is 15.7. The topological polar surface area (TPSA) is 137 Å². The van der Waals surface area contributed by atoms with Gasteiger partial charge in [0.2, 0.25) is 15.9 Å². The van der Waals surface area contributed by atoms with Crippen LogP contribution in [0.1, 0.15) is 22.3 Å². The van der Waals surface area contributed by atoms with E-state index in [1.807, 2.05) is 42.5 Å². The fourth-order valence-electron chi connectivity index (χ4n) is 5.98. The maximum Gasteiger partial charge on any atom is 0.251 e. The number of nitrogens with one attached hydrogen (secondary N) is 1. The number of benzene rings is 3. The van der Waals surface area contributed by atoms with Crippen LogP contribution in [0, 0.1) is 0 Å². The van der Waals surface area contributed by atoms with Crippen molar-refractivity contribution in [1.29, 1.82) is 0 Å². The van der Waals surface area contributed by atoms with Crippen molar-refractivity contribution in [2.75, 3.05) is 13.1 Å². The lowest BCUT2D eigenvalue weighted by atomic mass is 10.0. The van der Waals surface area contributed by atoms with E-state index in [1.165, 1.54) is 41.6 Å². The SMILES string of the molecule is O=C(NC(Cc1cccc(O)c1)C(=O)N1CCC2C1C(=O)CN2S(=O)(=O)c1cccnc1)c1ccc(-c2ccccc2)cc1. The van der Waals surface area contributed by atoms with Gasteiger partial charge < -0.3 is 15.3 Å². The molecule has 44 heavy (non-hydrogen) atoms. The maximum absolute atomic E-state index is 14.1. The first kappa shape index (κ1) is 29.2. The van der Waals surface area contributed by atoms with Gasteiger partial charge in [-0.05, 0) is 59.5 Å². The number of fused-ring (bicyclic) bond motifs is 1. The van der Waals surface area contributed by atoms with Crippen molar-refractivity contribution in [3.63, 3.8) is 0 Å². The molecule has 0 spiro atoms. The predicted molar refractivity (Wildman–Crippen MR) is 162 cm³/mol. The highest BCUT2D eigenvalue weighted by atomic mass is 32.2. The number of hydrogen-bond acceptors (Lipinski definition) is 7. The van der Waals surface area contributed by atoms with Crippen LogP contribution in [0.3, 0.4) is 0 Å². The number of phenols is 1. The van der Waals surface area contributed by atoms with Gasteiger partial charge in [0, 0.05) is 30.9 Å². The molecule has 2 amide bonds. The Balaban J connectivity index is 1.24. The van der Waals surface area contributed by atoms with Crippen LogP contribution in [0.4, 0.5) is 0 Å². The third-order valence-corrected chi connectivity index (χ3v) is 9.96. The number of carbonyl (C=O) groups excluding carboxylic acids is 3. The zero-order valence-electron chi connectivity index (χ0n) is 23.6. The van der Waals surface area contributed by atoms with Crippen molar-refractivity contribution in [3.8, 4) is 16.9 Å². The van der Waals surface area contributed by atoms with E-state index in [4.69, 9.17) is 0 Å². The standard InChI is InChI=1S/C33H30N4O6S/c38-26-9-4-6-22(18-26)19-28(35-32(40)25-13-11-24(12-14-25)23-7-2-1-3-8-23)33(41)36-17-15-29-31(36)30(39)21-37(29)44(42,43)27-10-5-16-34-20-27/h1-14,16,18,20,28-29,31,38H,15,17,19,21H2,(H,35,40). The number of amides is 2. The van der Waals surface area contributed by atoms with Crippen molar-refractivity contribution in [2.45, 2.75) is 35.9 Å². The number of ketones is 1. The molecule has 4 aromatic rings. The minimum absolute atomic E-state index is 0.0139. The summed E-state index contributed by atoms with van der Waals surface area (Å²) in [5.74, 6) is -1.34. The molecule has 0 aliphatic carbocycles. The number of carbonyl (C=O) groups is 3. The molecule has 3 unspecified atom stereocenters. The Bertz CT molecular complexity index is 1800. The highest BCUT2D eigenvalue weighted by Crippen LogP contribution is 2.34. The maximum atomic E-state index is 14.1. The van der Waals surface area contributed by atoms with E-state index in [2.05, 4.69) is 10.3 Å². The molecule has 0 bridgehead atoms. The summed E-state index contributed by atoms with van der Waals surface area (Å²) >= 11 is 0. The minimum Gasteiger partial charge on any atom is -0.508 e. The molecule has 2 fully saturated rings. The number of sulfonamides is 1. The number of phenolic OH excluding ortho intramolecular Hbond substituents is 1. The van der Waals surface area contributed by atoms with Gasteiger partial charge in [-0.25, -0.2) is 8.42 Å². The largest absolute Gasteiger partial charge is 0.508 e. The Morgan fingerprint density at radius 2 is 1.70 bits per heavy atom. The number of rotatable bonds is 8. The normalized spacial score (nSPS) is 19.0. The number of aromatic nitrogens is 1. The molecule has 2 N–H and O–H groups in total. The van der Waals surface area contributed by atoms with Crippen molar-refractivity contribution in [2.24, 2.45) is 0 Å².